The number of aromatic nitrogens is 2. The second kappa shape index (κ2) is 17.1. The lowest BCUT2D eigenvalue weighted by Crippen LogP contribution is -2.62. The Kier molecular flexibility index (Phi) is 12.9. The van der Waals surface area contributed by atoms with Gasteiger partial charge in [0.25, 0.3) is 11.8 Å². The smallest absolute Gasteiger partial charge is 0.289 e. The number of hydrogen-bond donors (Lipinski definition) is 4. The van der Waals surface area contributed by atoms with Crippen molar-refractivity contribution >= 4 is 41.0 Å². The minimum Gasteiger partial charge on any atom is -0.387 e. The molecule has 15 nitrogen and oxygen atoms in total. The van der Waals surface area contributed by atoms with Crippen LogP contribution in [0.5, 0.6) is 0 Å². The van der Waals surface area contributed by atoms with Crippen molar-refractivity contribution in [3.63, 3.8) is 0 Å². The lowest BCUT2D eigenvalue weighted by Gasteiger charge is -2.37. The molecule has 4 aliphatic rings. The van der Waals surface area contributed by atoms with Gasteiger partial charge >= 0.3 is 0 Å². The van der Waals surface area contributed by atoms with E-state index in [0.29, 0.717) is 19.3 Å². The molecule has 0 aromatic carbocycles. The molecule has 2 aliphatic heterocycles. The van der Waals surface area contributed by atoms with Gasteiger partial charge in [0.15, 0.2) is 5.60 Å². The summed E-state index contributed by atoms with van der Waals surface area (Å²) in [5, 5.41) is 15.7. The summed E-state index contributed by atoms with van der Waals surface area (Å²) in [6.07, 6.45) is 13.0. The first-order chi connectivity index (χ1) is 25.2. The van der Waals surface area contributed by atoms with Crippen LogP contribution >= 0.6 is 0 Å². The van der Waals surface area contributed by atoms with Crippen molar-refractivity contribution in [2.24, 2.45) is 16.5 Å². The van der Waals surface area contributed by atoms with Crippen LogP contribution < -0.4 is 21.3 Å². The molecule has 3 heterocycles. The van der Waals surface area contributed by atoms with Crippen LogP contribution in [0.25, 0.3) is 0 Å². The van der Waals surface area contributed by atoms with Gasteiger partial charge in [-0.1, -0.05) is 71.9 Å². The molecule has 3 fully saturated rings. The summed E-state index contributed by atoms with van der Waals surface area (Å²) >= 11 is 0. The van der Waals surface area contributed by atoms with E-state index in [-0.39, 0.29) is 37.0 Å². The van der Waals surface area contributed by atoms with Crippen LogP contribution in [0.15, 0.2) is 23.7 Å². The molecule has 0 bridgehead atoms. The van der Waals surface area contributed by atoms with Crippen molar-refractivity contribution in [1.82, 2.24) is 36.1 Å². The molecule has 1 aromatic rings. The number of oxime groups is 1. The first-order valence-electron chi connectivity index (χ1n) is 19.3. The number of ketones is 1. The van der Waals surface area contributed by atoms with Crippen molar-refractivity contribution in [2.75, 3.05) is 6.54 Å². The van der Waals surface area contributed by atoms with E-state index in [1.807, 2.05) is 34.6 Å². The Hall–Kier alpha value is -4.43. The van der Waals surface area contributed by atoms with Gasteiger partial charge in [-0.2, -0.15) is 0 Å². The number of carbonyl (C=O) groups is 6. The number of likely N-dealkylation sites (tertiary alicyclic amines) is 1. The Morgan fingerprint density at radius 2 is 1.70 bits per heavy atom. The molecule has 15 heteroatoms. The van der Waals surface area contributed by atoms with Gasteiger partial charge in [0.2, 0.25) is 23.5 Å². The van der Waals surface area contributed by atoms with Crippen LogP contribution in [0.4, 0.5) is 0 Å². The number of nitrogens with zero attached hydrogens (tertiary/aromatic N) is 4. The predicted octanol–water partition coefficient (Wildman–Crippen LogP) is 2.73. The zero-order valence-corrected chi connectivity index (χ0v) is 31.7. The molecule has 1 saturated heterocycles. The quantitative estimate of drug-likeness (QED) is 0.196. The molecule has 5 amide bonds. The molecule has 1 spiro atoms. The Morgan fingerprint density at radius 3 is 2.32 bits per heavy atom. The molecule has 53 heavy (non-hydrogen) atoms. The van der Waals surface area contributed by atoms with E-state index in [2.05, 4.69) is 36.4 Å². The number of hydrogen-bond acceptors (Lipinski definition) is 10. The number of Topliss-reactive ketones (excluding diaryl/α,β-unsaturated/α-hetero) is 1. The molecule has 5 rings (SSSR count). The molecular formula is C38H56N8O7. The van der Waals surface area contributed by atoms with Crippen LogP contribution in [0.3, 0.4) is 0 Å². The Bertz CT molecular complexity index is 1550. The summed E-state index contributed by atoms with van der Waals surface area (Å²) in [6.45, 7) is 9.41. The maximum atomic E-state index is 14.8. The first kappa shape index (κ1) is 39.8. The van der Waals surface area contributed by atoms with Crippen LogP contribution in [-0.4, -0.2) is 98.3 Å². The van der Waals surface area contributed by atoms with Gasteiger partial charge in [-0.15, -0.1) is 0 Å². The van der Waals surface area contributed by atoms with Crippen molar-refractivity contribution in [3.05, 3.63) is 24.3 Å². The normalized spacial score (nSPS) is 23.3. The topological polar surface area (TPSA) is 201 Å². The van der Waals surface area contributed by atoms with Gasteiger partial charge in [-0.3, -0.25) is 33.8 Å². The molecule has 2 aliphatic carbocycles. The molecule has 5 atom stereocenters. The Morgan fingerprint density at radius 1 is 0.962 bits per heavy atom. The minimum atomic E-state index is -1.10. The number of amides is 5. The Balaban J connectivity index is 1.40. The monoisotopic (exact) mass is 736 g/mol. The van der Waals surface area contributed by atoms with Crippen molar-refractivity contribution in [2.45, 2.75) is 154 Å². The zero-order chi connectivity index (χ0) is 38.3. The molecular weight excluding hydrogens is 680 g/mol. The fourth-order valence-electron chi connectivity index (χ4n) is 7.64. The lowest BCUT2D eigenvalue weighted by molar-refractivity contribution is -0.145. The van der Waals surface area contributed by atoms with Crippen molar-refractivity contribution in [1.29, 1.82) is 0 Å². The standard InChI is InChI=1S/C38H56N8O7/c1-6-11-25-19-38(53-45-25)20-28(33(49)42-26(12-7-2)30(47)35(51)41-24-15-16-24)46(22-38)36(52)31(37(3,4)5)44-34(50)29(23-13-9-8-10-14-23)43-32(48)27-21-39-17-18-40-27/h17-18,21,23-24,26,28-29,31H,6-16,19-20,22H2,1-5H3,(H,41,51)(H,42,49)(H,43,48)(H,44,50)/t26-,28-,29-,31+,38+/m0/s1. The number of carbonyl (C=O) groups excluding carboxylic acids is 6. The van der Waals surface area contributed by atoms with Crippen LogP contribution in [-0.2, 0) is 28.8 Å². The Labute approximate surface area is 311 Å². The van der Waals surface area contributed by atoms with E-state index in [1.54, 1.807) is 0 Å². The molecule has 0 radical (unpaired) electrons. The lowest BCUT2D eigenvalue weighted by atomic mass is 9.82. The van der Waals surface area contributed by atoms with E-state index in [0.717, 1.165) is 57.1 Å². The molecule has 1 aromatic heterocycles. The molecule has 4 N–H and O–H groups in total. The third-order valence-electron chi connectivity index (χ3n) is 10.7. The van der Waals surface area contributed by atoms with E-state index in [9.17, 15) is 28.8 Å². The summed E-state index contributed by atoms with van der Waals surface area (Å²) in [6, 6.07) is -4.19. The highest BCUT2D eigenvalue weighted by Crippen LogP contribution is 2.40. The summed E-state index contributed by atoms with van der Waals surface area (Å²) in [7, 11) is 0. The predicted molar refractivity (Wildman–Crippen MR) is 195 cm³/mol. The largest absolute Gasteiger partial charge is 0.387 e. The maximum absolute atomic E-state index is 14.8. The maximum Gasteiger partial charge on any atom is 0.289 e. The van der Waals surface area contributed by atoms with Crippen molar-refractivity contribution < 1.29 is 33.6 Å². The van der Waals surface area contributed by atoms with E-state index in [4.69, 9.17) is 4.84 Å². The third-order valence-corrected chi connectivity index (χ3v) is 10.7. The minimum absolute atomic E-state index is 0.0216. The molecule has 0 unspecified atom stereocenters. The second-order valence-electron chi connectivity index (χ2n) is 16.3. The van der Waals surface area contributed by atoms with Crippen LogP contribution in [0, 0.1) is 11.3 Å². The first-order valence-corrected chi connectivity index (χ1v) is 19.3. The van der Waals surface area contributed by atoms with Gasteiger partial charge in [0.1, 0.15) is 23.8 Å². The summed E-state index contributed by atoms with van der Waals surface area (Å²) in [4.78, 5) is 98.0. The summed E-state index contributed by atoms with van der Waals surface area (Å²) in [5.41, 5.74) is -0.867. The summed E-state index contributed by atoms with van der Waals surface area (Å²) < 4.78 is 0. The van der Waals surface area contributed by atoms with Crippen molar-refractivity contribution in [3.8, 4) is 0 Å². The average molecular weight is 737 g/mol. The average Bonchev–Trinajstić information content (AvgIpc) is 3.75. The van der Waals surface area contributed by atoms with Crippen LogP contribution in [0.1, 0.15) is 129 Å². The van der Waals surface area contributed by atoms with Gasteiger partial charge in [-0.05, 0) is 49.9 Å². The fraction of sp³-hybridized carbons (Fsp3) is 0.711. The highest BCUT2D eigenvalue weighted by atomic mass is 16.7. The molecule has 290 valence electrons. The number of nitrogens with one attached hydrogen (secondary N) is 4. The van der Waals surface area contributed by atoms with Gasteiger partial charge in [-0.25, -0.2) is 4.98 Å². The summed E-state index contributed by atoms with van der Waals surface area (Å²) in [5.74, 6) is -3.72. The van der Waals surface area contributed by atoms with E-state index >= 15 is 0 Å². The van der Waals surface area contributed by atoms with Gasteiger partial charge in [0, 0.05) is 31.3 Å². The van der Waals surface area contributed by atoms with Gasteiger partial charge < -0.3 is 31.0 Å². The fourth-order valence-corrected chi connectivity index (χ4v) is 7.64. The third kappa shape index (κ3) is 9.96. The molecule has 2 saturated carbocycles. The van der Waals surface area contributed by atoms with Gasteiger partial charge in [0.05, 0.1) is 24.5 Å². The van der Waals surface area contributed by atoms with E-state index < -0.39 is 70.5 Å². The van der Waals surface area contributed by atoms with E-state index in [1.165, 1.54) is 23.5 Å². The van der Waals surface area contributed by atoms with Crippen LogP contribution in [0.2, 0.25) is 0 Å². The number of rotatable bonds is 15. The zero-order valence-electron chi connectivity index (χ0n) is 31.7. The highest BCUT2D eigenvalue weighted by Gasteiger charge is 2.55. The second-order valence-corrected chi connectivity index (χ2v) is 16.3. The SMILES string of the molecule is CCCC1=NO[C@]2(C1)C[C@@H](C(=O)N[C@@H](CCC)C(=O)C(=O)NC1CC1)N(C(=O)[C@@H](NC(=O)[C@@H](NC(=O)c1cnccn1)C1CCCCC1)C(C)(C)C)C2. The highest BCUT2D eigenvalue weighted by molar-refractivity contribution is 6.38.